The minimum atomic E-state index is -0.289. The summed E-state index contributed by atoms with van der Waals surface area (Å²) in [5.74, 6) is 0.949. The summed E-state index contributed by atoms with van der Waals surface area (Å²) in [7, 11) is 0. The molecule has 0 fully saturated rings. The zero-order valence-corrected chi connectivity index (χ0v) is 8.56. The monoisotopic (exact) mass is 218 g/mol. The molecule has 2 aromatic rings. The molecule has 1 N–H and O–H groups in total. The fraction of sp³-hybridized carbons (Fsp3) is 0.0769. The van der Waals surface area contributed by atoms with Gasteiger partial charge in [0.1, 0.15) is 17.3 Å². The summed E-state index contributed by atoms with van der Waals surface area (Å²) in [6.07, 6.45) is 0. The molecule has 0 heterocycles. The van der Waals surface area contributed by atoms with Gasteiger partial charge in [0.2, 0.25) is 0 Å². The van der Waals surface area contributed by atoms with Crippen LogP contribution in [-0.2, 0) is 6.61 Å². The lowest BCUT2D eigenvalue weighted by Gasteiger charge is -2.05. The molecule has 0 atom stereocenters. The maximum atomic E-state index is 12.6. The lowest BCUT2D eigenvalue weighted by atomic mass is 10.2. The van der Waals surface area contributed by atoms with Gasteiger partial charge in [0.25, 0.3) is 0 Å². The molecule has 0 aliphatic heterocycles. The third-order valence-corrected chi connectivity index (χ3v) is 2.16. The molecule has 3 heteroatoms. The topological polar surface area (TPSA) is 29.5 Å². The van der Waals surface area contributed by atoms with E-state index in [1.54, 1.807) is 36.4 Å². The first-order chi connectivity index (χ1) is 7.78. The van der Waals surface area contributed by atoms with Gasteiger partial charge in [-0.15, -0.1) is 0 Å². The van der Waals surface area contributed by atoms with E-state index in [9.17, 15) is 4.39 Å². The van der Waals surface area contributed by atoms with E-state index in [0.29, 0.717) is 11.5 Å². The molecule has 0 saturated heterocycles. The third kappa shape index (κ3) is 2.58. The molecule has 2 nitrogen and oxygen atoms in total. The molecule has 0 amide bonds. The zero-order chi connectivity index (χ0) is 11.4. The summed E-state index contributed by atoms with van der Waals surface area (Å²) >= 11 is 0. The van der Waals surface area contributed by atoms with Gasteiger partial charge in [0.05, 0.1) is 6.61 Å². The maximum absolute atomic E-state index is 12.6. The molecular formula is C13H11FO2. The Hall–Kier alpha value is -1.87. The molecular weight excluding hydrogens is 207 g/mol. The summed E-state index contributed by atoms with van der Waals surface area (Å²) in [6, 6.07) is 12.9. The molecule has 0 aromatic heterocycles. The number of aliphatic hydroxyl groups is 1. The number of hydrogen-bond donors (Lipinski definition) is 1. The van der Waals surface area contributed by atoms with Gasteiger partial charge < -0.3 is 9.84 Å². The molecule has 16 heavy (non-hydrogen) atoms. The van der Waals surface area contributed by atoms with Gasteiger partial charge in [-0.25, -0.2) is 4.39 Å². The predicted molar refractivity (Wildman–Crippen MR) is 58.8 cm³/mol. The summed E-state index contributed by atoms with van der Waals surface area (Å²) in [5, 5.41) is 8.87. The summed E-state index contributed by atoms with van der Waals surface area (Å²) in [5.41, 5.74) is 0.825. The zero-order valence-electron chi connectivity index (χ0n) is 8.56. The average Bonchev–Trinajstić information content (AvgIpc) is 2.33. The minimum absolute atomic E-state index is 0.0107. The maximum Gasteiger partial charge on any atom is 0.127 e. The van der Waals surface area contributed by atoms with E-state index in [1.807, 2.05) is 0 Å². The normalized spacial score (nSPS) is 10.1. The Balaban J connectivity index is 2.11. The number of rotatable bonds is 3. The van der Waals surface area contributed by atoms with Crippen LogP contribution in [0.15, 0.2) is 48.5 Å². The van der Waals surface area contributed by atoms with Gasteiger partial charge in [-0.05, 0) is 42.0 Å². The van der Waals surface area contributed by atoms with Crippen LogP contribution in [0.5, 0.6) is 11.5 Å². The SMILES string of the molecule is OCc1ccc(Oc2ccc(F)cc2)cc1. The lowest BCUT2D eigenvalue weighted by Crippen LogP contribution is -1.86. The van der Waals surface area contributed by atoms with Crippen LogP contribution in [0.2, 0.25) is 0 Å². The molecule has 2 rings (SSSR count). The van der Waals surface area contributed by atoms with Crippen molar-refractivity contribution >= 4 is 0 Å². The van der Waals surface area contributed by atoms with Crippen LogP contribution in [0.4, 0.5) is 4.39 Å². The van der Waals surface area contributed by atoms with Gasteiger partial charge in [-0.2, -0.15) is 0 Å². The standard InChI is InChI=1S/C13H11FO2/c14-11-3-7-13(8-4-11)16-12-5-1-10(9-15)2-6-12/h1-8,15H,9H2. The summed E-state index contributed by atoms with van der Waals surface area (Å²) < 4.78 is 18.1. The number of benzene rings is 2. The second kappa shape index (κ2) is 4.77. The van der Waals surface area contributed by atoms with Crippen LogP contribution >= 0.6 is 0 Å². The molecule has 0 radical (unpaired) electrons. The van der Waals surface area contributed by atoms with Gasteiger partial charge >= 0.3 is 0 Å². The van der Waals surface area contributed by atoms with Crippen molar-refractivity contribution in [2.24, 2.45) is 0 Å². The molecule has 0 aliphatic carbocycles. The molecule has 82 valence electrons. The minimum Gasteiger partial charge on any atom is -0.457 e. The Labute approximate surface area is 92.9 Å². The van der Waals surface area contributed by atoms with E-state index in [-0.39, 0.29) is 12.4 Å². The van der Waals surface area contributed by atoms with E-state index in [2.05, 4.69) is 0 Å². The highest BCUT2D eigenvalue weighted by Gasteiger charge is 1.97. The van der Waals surface area contributed by atoms with Crippen molar-refractivity contribution in [3.63, 3.8) is 0 Å². The molecule has 0 bridgehead atoms. The third-order valence-electron chi connectivity index (χ3n) is 2.16. The van der Waals surface area contributed by atoms with Crippen molar-refractivity contribution < 1.29 is 14.2 Å². The number of aliphatic hydroxyl groups excluding tert-OH is 1. The number of hydrogen-bond acceptors (Lipinski definition) is 2. The Morgan fingerprint density at radius 3 is 1.88 bits per heavy atom. The Bertz CT molecular complexity index is 448. The highest BCUT2D eigenvalue weighted by atomic mass is 19.1. The van der Waals surface area contributed by atoms with Crippen molar-refractivity contribution in [3.8, 4) is 11.5 Å². The largest absolute Gasteiger partial charge is 0.457 e. The predicted octanol–water partition coefficient (Wildman–Crippen LogP) is 3.11. The fourth-order valence-corrected chi connectivity index (χ4v) is 1.30. The van der Waals surface area contributed by atoms with E-state index < -0.39 is 0 Å². The Morgan fingerprint density at radius 2 is 1.38 bits per heavy atom. The van der Waals surface area contributed by atoms with Crippen LogP contribution in [0.25, 0.3) is 0 Å². The van der Waals surface area contributed by atoms with Crippen molar-refractivity contribution in [2.75, 3.05) is 0 Å². The van der Waals surface area contributed by atoms with Crippen LogP contribution in [0.3, 0.4) is 0 Å². The second-order valence-electron chi connectivity index (χ2n) is 3.36. The molecule has 0 spiro atoms. The van der Waals surface area contributed by atoms with Crippen LogP contribution in [-0.4, -0.2) is 5.11 Å². The van der Waals surface area contributed by atoms with Gasteiger partial charge in [-0.3, -0.25) is 0 Å². The summed E-state index contributed by atoms with van der Waals surface area (Å²) in [4.78, 5) is 0. The van der Waals surface area contributed by atoms with Crippen LogP contribution < -0.4 is 4.74 Å². The lowest BCUT2D eigenvalue weighted by molar-refractivity contribution is 0.281. The van der Waals surface area contributed by atoms with Crippen LogP contribution in [0.1, 0.15) is 5.56 Å². The van der Waals surface area contributed by atoms with Gasteiger partial charge in [0.15, 0.2) is 0 Å². The van der Waals surface area contributed by atoms with E-state index in [0.717, 1.165) is 5.56 Å². The van der Waals surface area contributed by atoms with Crippen molar-refractivity contribution in [1.82, 2.24) is 0 Å². The van der Waals surface area contributed by atoms with Crippen LogP contribution in [0, 0.1) is 5.82 Å². The van der Waals surface area contributed by atoms with E-state index in [4.69, 9.17) is 9.84 Å². The highest BCUT2D eigenvalue weighted by Crippen LogP contribution is 2.21. The molecule has 0 aliphatic rings. The smallest absolute Gasteiger partial charge is 0.127 e. The Morgan fingerprint density at radius 1 is 0.875 bits per heavy atom. The van der Waals surface area contributed by atoms with Crippen molar-refractivity contribution in [3.05, 3.63) is 59.9 Å². The van der Waals surface area contributed by atoms with E-state index in [1.165, 1.54) is 12.1 Å². The average molecular weight is 218 g/mol. The number of ether oxygens (including phenoxy) is 1. The van der Waals surface area contributed by atoms with Crippen molar-refractivity contribution in [2.45, 2.75) is 6.61 Å². The molecule has 2 aromatic carbocycles. The van der Waals surface area contributed by atoms with Gasteiger partial charge in [0, 0.05) is 0 Å². The molecule has 0 saturated carbocycles. The second-order valence-corrected chi connectivity index (χ2v) is 3.36. The first-order valence-corrected chi connectivity index (χ1v) is 4.91. The quantitative estimate of drug-likeness (QED) is 0.857. The first kappa shape index (κ1) is 10.6. The van der Waals surface area contributed by atoms with Gasteiger partial charge in [-0.1, -0.05) is 12.1 Å². The van der Waals surface area contributed by atoms with E-state index >= 15 is 0 Å². The Kier molecular flexibility index (Phi) is 3.17. The molecule has 0 unspecified atom stereocenters. The van der Waals surface area contributed by atoms with Crippen molar-refractivity contribution in [1.29, 1.82) is 0 Å². The highest BCUT2D eigenvalue weighted by molar-refractivity contribution is 5.32. The first-order valence-electron chi connectivity index (χ1n) is 4.91. The number of halogens is 1. The fourth-order valence-electron chi connectivity index (χ4n) is 1.30. The summed E-state index contributed by atoms with van der Waals surface area (Å²) in [6.45, 7) is 0.0107.